The van der Waals surface area contributed by atoms with Crippen molar-refractivity contribution in [1.29, 1.82) is 0 Å². The molecule has 0 aliphatic rings. The van der Waals surface area contributed by atoms with Gasteiger partial charge in [0.1, 0.15) is 12.4 Å². The van der Waals surface area contributed by atoms with Crippen LogP contribution in [0.1, 0.15) is 155 Å². The normalized spacial score (nSPS) is 11.5. The van der Waals surface area contributed by atoms with E-state index in [0.29, 0.717) is 0 Å². The lowest BCUT2D eigenvalue weighted by Crippen LogP contribution is -2.37. The van der Waals surface area contributed by atoms with Gasteiger partial charge in [-0.3, -0.25) is 0 Å². The van der Waals surface area contributed by atoms with Crippen LogP contribution in [0.3, 0.4) is 0 Å². The predicted octanol–water partition coefficient (Wildman–Crippen LogP) is 9.18. The van der Waals surface area contributed by atoms with E-state index in [1.54, 1.807) is 0 Å². The number of hydrogen-bond donors (Lipinski definition) is 0. The maximum Gasteiger partial charge on any atom is 0.256 e. The second-order valence-electron chi connectivity index (χ2n) is 9.82. The minimum atomic E-state index is 1.15. The minimum absolute atomic E-state index is 1.15. The topological polar surface area (TPSA) is 8.81 Å². The lowest BCUT2D eigenvalue weighted by Gasteiger charge is -2.05. The second-order valence-corrected chi connectivity index (χ2v) is 9.82. The third-order valence-corrected chi connectivity index (χ3v) is 6.91. The monoisotopic (exact) mass is 433 g/mol. The van der Waals surface area contributed by atoms with Gasteiger partial charge in [0.05, 0.1) is 13.1 Å². The fourth-order valence-electron chi connectivity index (χ4n) is 4.85. The standard InChI is InChI=1S/C29H57N2/c1-4-7-9-11-13-14-15-16-17-18-19-20-22-24-26-31-28-27-30(29(31)6-3)25-23-21-12-10-8-5-2/h27-28H,4-26H2,1-3H3/q+1. The van der Waals surface area contributed by atoms with Crippen molar-refractivity contribution in [2.24, 2.45) is 0 Å². The molecule has 2 heteroatoms. The van der Waals surface area contributed by atoms with Crippen LogP contribution in [0.4, 0.5) is 0 Å². The van der Waals surface area contributed by atoms with Crippen LogP contribution < -0.4 is 4.57 Å². The average molecular weight is 434 g/mol. The van der Waals surface area contributed by atoms with E-state index in [2.05, 4.69) is 42.3 Å². The van der Waals surface area contributed by atoms with E-state index in [0.717, 1.165) is 6.42 Å². The quantitative estimate of drug-likeness (QED) is 0.120. The zero-order valence-corrected chi connectivity index (χ0v) is 21.8. The second kappa shape index (κ2) is 21.1. The van der Waals surface area contributed by atoms with Gasteiger partial charge in [-0.25, -0.2) is 9.13 Å². The number of aromatic nitrogens is 2. The van der Waals surface area contributed by atoms with Crippen LogP contribution in [0.15, 0.2) is 12.4 Å². The zero-order valence-electron chi connectivity index (χ0n) is 21.8. The molecule has 0 saturated heterocycles. The van der Waals surface area contributed by atoms with Gasteiger partial charge in [0, 0.05) is 6.42 Å². The molecule has 1 aromatic rings. The third kappa shape index (κ3) is 14.8. The van der Waals surface area contributed by atoms with Crippen LogP contribution in [0.2, 0.25) is 0 Å². The van der Waals surface area contributed by atoms with E-state index in [1.165, 1.54) is 147 Å². The Kier molecular flexibility index (Phi) is 19.2. The smallest absolute Gasteiger partial charge is 0.234 e. The molecule has 0 amide bonds. The molecular weight excluding hydrogens is 376 g/mol. The van der Waals surface area contributed by atoms with Gasteiger partial charge in [-0.1, -0.05) is 124 Å². The Labute approximate surface area is 196 Å². The van der Waals surface area contributed by atoms with Crippen molar-refractivity contribution in [2.75, 3.05) is 0 Å². The summed E-state index contributed by atoms with van der Waals surface area (Å²) >= 11 is 0. The Morgan fingerprint density at radius 3 is 1.42 bits per heavy atom. The minimum Gasteiger partial charge on any atom is -0.234 e. The first-order valence-electron chi connectivity index (χ1n) is 14.4. The molecule has 31 heavy (non-hydrogen) atoms. The molecule has 0 aliphatic heterocycles. The molecule has 2 nitrogen and oxygen atoms in total. The summed E-state index contributed by atoms with van der Waals surface area (Å²) in [4.78, 5) is 0. The summed E-state index contributed by atoms with van der Waals surface area (Å²) in [5, 5.41) is 0. The van der Waals surface area contributed by atoms with Crippen LogP contribution in [0, 0.1) is 0 Å². The third-order valence-electron chi connectivity index (χ3n) is 6.91. The number of nitrogens with zero attached hydrogens (tertiary/aromatic N) is 2. The van der Waals surface area contributed by atoms with Crippen LogP contribution in [0.25, 0.3) is 0 Å². The van der Waals surface area contributed by atoms with Gasteiger partial charge in [0.15, 0.2) is 0 Å². The summed E-state index contributed by atoms with van der Waals surface area (Å²) in [6, 6.07) is 0. The maximum absolute atomic E-state index is 2.53. The highest BCUT2D eigenvalue weighted by molar-refractivity contribution is 4.83. The first-order valence-corrected chi connectivity index (χ1v) is 14.4. The van der Waals surface area contributed by atoms with Crippen molar-refractivity contribution in [3.05, 3.63) is 18.2 Å². The molecule has 0 spiro atoms. The molecule has 182 valence electrons. The molecule has 0 saturated carbocycles. The van der Waals surface area contributed by atoms with Gasteiger partial charge in [0.25, 0.3) is 5.82 Å². The summed E-state index contributed by atoms with van der Waals surface area (Å²) in [5.41, 5.74) is 0. The fraction of sp³-hybridized carbons (Fsp3) is 0.897. The van der Waals surface area contributed by atoms with E-state index in [1.807, 2.05) is 0 Å². The summed E-state index contributed by atoms with van der Waals surface area (Å²) < 4.78 is 5.04. The lowest BCUT2D eigenvalue weighted by molar-refractivity contribution is -0.704. The Morgan fingerprint density at radius 1 is 0.548 bits per heavy atom. The first kappa shape index (κ1) is 28.2. The van der Waals surface area contributed by atoms with Crippen molar-refractivity contribution in [3.8, 4) is 0 Å². The molecule has 0 N–H and O–H groups in total. The van der Waals surface area contributed by atoms with E-state index in [9.17, 15) is 0 Å². The molecule has 1 aromatic heterocycles. The van der Waals surface area contributed by atoms with Crippen LogP contribution in [-0.4, -0.2) is 4.57 Å². The Balaban J connectivity index is 2.00. The van der Waals surface area contributed by atoms with E-state index in [4.69, 9.17) is 0 Å². The molecule has 0 aromatic carbocycles. The van der Waals surface area contributed by atoms with Crippen LogP contribution in [0.5, 0.6) is 0 Å². The zero-order chi connectivity index (χ0) is 22.4. The Hall–Kier alpha value is -0.790. The SMILES string of the molecule is CCCCCCCCCCCCCCCCn1cc[n+](CCCCCCCC)c1CC. The van der Waals surface area contributed by atoms with Gasteiger partial charge in [0.2, 0.25) is 0 Å². The molecule has 0 bridgehead atoms. The molecule has 0 atom stereocenters. The maximum atomic E-state index is 2.53. The van der Waals surface area contributed by atoms with Crippen molar-refractivity contribution in [3.63, 3.8) is 0 Å². The van der Waals surface area contributed by atoms with Gasteiger partial charge in [-0.2, -0.15) is 0 Å². The van der Waals surface area contributed by atoms with Crippen molar-refractivity contribution in [1.82, 2.24) is 4.57 Å². The van der Waals surface area contributed by atoms with Gasteiger partial charge in [-0.05, 0) is 25.7 Å². The fourth-order valence-corrected chi connectivity index (χ4v) is 4.85. The molecule has 1 rings (SSSR count). The average Bonchev–Trinajstić information content (AvgIpc) is 3.18. The summed E-state index contributed by atoms with van der Waals surface area (Å²) in [7, 11) is 0. The Morgan fingerprint density at radius 2 is 0.968 bits per heavy atom. The molecule has 1 heterocycles. The predicted molar refractivity (Wildman–Crippen MR) is 138 cm³/mol. The van der Waals surface area contributed by atoms with Gasteiger partial charge in [-0.15, -0.1) is 0 Å². The van der Waals surface area contributed by atoms with E-state index < -0.39 is 0 Å². The number of imidazole rings is 1. The van der Waals surface area contributed by atoms with Gasteiger partial charge >= 0.3 is 0 Å². The van der Waals surface area contributed by atoms with Crippen molar-refractivity contribution in [2.45, 2.75) is 169 Å². The van der Waals surface area contributed by atoms with E-state index in [-0.39, 0.29) is 0 Å². The summed E-state index contributed by atoms with van der Waals surface area (Å²) in [6.07, 6.45) is 34.3. The molecule has 0 unspecified atom stereocenters. The number of rotatable bonds is 23. The van der Waals surface area contributed by atoms with E-state index >= 15 is 0 Å². The molecule has 0 fully saturated rings. The number of unbranched alkanes of at least 4 members (excludes halogenated alkanes) is 18. The highest BCUT2D eigenvalue weighted by atomic mass is 15.1. The number of aryl methyl sites for hydroxylation is 2. The number of hydrogen-bond acceptors (Lipinski definition) is 0. The van der Waals surface area contributed by atoms with Crippen molar-refractivity contribution >= 4 is 0 Å². The van der Waals surface area contributed by atoms with Gasteiger partial charge < -0.3 is 0 Å². The molecule has 0 aliphatic carbocycles. The molecule has 0 radical (unpaired) electrons. The van der Waals surface area contributed by atoms with Crippen LogP contribution >= 0.6 is 0 Å². The first-order chi connectivity index (χ1) is 15.3. The van der Waals surface area contributed by atoms with Crippen molar-refractivity contribution < 1.29 is 4.57 Å². The summed E-state index contributed by atoms with van der Waals surface area (Å²) in [6.45, 7) is 9.33. The Bertz CT molecular complexity index is 491. The molecular formula is C29H57N2+. The highest BCUT2D eigenvalue weighted by Crippen LogP contribution is 2.13. The van der Waals surface area contributed by atoms with Crippen LogP contribution in [-0.2, 0) is 19.5 Å². The lowest BCUT2D eigenvalue weighted by atomic mass is 10.0. The summed E-state index contributed by atoms with van der Waals surface area (Å²) in [5.74, 6) is 1.53. The largest absolute Gasteiger partial charge is 0.256 e. The highest BCUT2D eigenvalue weighted by Gasteiger charge is 2.14.